The first-order valence-electron chi connectivity index (χ1n) is 6.58. The van der Waals surface area contributed by atoms with Gasteiger partial charge in [-0.05, 0) is 5.56 Å². The van der Waals surface area contributed by atoms with Crippen molar-refractivity contribution in [3.63, 3.8) is 0 Å². The minimum Gasteiger partial charge on any atom is -0.296 e. The van der Waals surface area contributed by atoms with Gasteiger partial charge in [-0.1, -0.05) is 27.7 Å². The van der Waals surface area contributed by atoms with E-state index in [2.05, 4.69) is 31.2 Å². The number of carbonyl (C=O) groups excluding carboxylic acids is 2. The number of imide groups is 1. The van der Waals surface area contributed by atoms with E-state index < -0.39 is 0 Å². The van der Waals surface area contributed by atoms with Gasteiger partial charge in [-0.15, -0.1) is 0 Å². The van der Waals surface area contributed by atoms with Gasteiger partial charge in [-0.3, -0.25) is 19.6 Å². The van der Waals surface area contributed by atoms with Crippen LogP contribution in [0.2, 0.25) is 0 Å². The average molecular weight is 263 g/mol. The molecule has 5 nitrogen and oxygen atoms in total. The van der Waals surface area contributed by atoms with Gasteiger partial charge in [0.25, 0.3) is 0 Å². The first-order valence-corrected chi connectivity index (χ1v) is 6.58. The molecule has 0 saturated carbocycles. The zero-order chi connectivity index (χ0) is 14.4. The Morgan fingerprint density at radius 1 is 1.37 bits per heavy atom. The molecule has 1 aromatic rings. The molecular weight excluding hydrogens is 242 g/mol. The molecule has 0 bridgehead atoms. The van der Waals surface area contributed by atoms with E-state index in [1.54, 1.807) is 4.68 Å². The maximum atomic E-state index is 11.8. The number of nitrogens with zero attached hydrogens (tertiary/aromatic N) is 2. The van der Waals surface area contributed by atoms with Crippen molar-refractivity contribution >= 4 is 11.8 Å². The summed E-state index contributed by atoms with van der Waals surface area (Å²) >= 11 is 0. The van der Waals surface area contributed by atoms with Crippen LogP contribution in [-0.2, 0) is 22.1 Å². The van der Waals surface area contributed by atoms with Crippen LogP contribution < -0.4 is 5.32 Å². The number of piperidine rings is 1. The number of nitrogens with one attached hydrogen (secondary N) is 1. The minimum atomic E-state index is -0.206. The molecule has 2 heterocycles. The lowest BCUT2D eigenvalue weighted by molar-refractivity contribution is -0.136. The molecule has 1 aromatic heterocycles. The number of rotatable bonds is 1. The van der Waals surface area contributed by atoms with E-state index in [1.165, 1.54) is 0 Å². The van der Waals surface area contributed by atoms with Crippen LogP contribution in [0.4, 0.5) is 0 Å². The number of carbonyl (C=O) groups is 2. The largest absolute Gasteiger partial charge is 0.296 e. The quantitative estimate of drug-likeness (QED) is 0.781. The van der Waals surface area contributed by atoms with Gasteiger partial charge in [0.05, 0.1) is 5.69 Å². The Labute approximate surface area is 113 Å². The topological polar surface area (TPSA) is 64.0 Å². The predicted molar refractivity (Wildman–Crippen MR) is 71.6 cm³/mol. The van der Waals surface area contributed by atoms with Gasteiger partial charge >= 0.3 is 0 Å². The highest BCUT2D eigenvalue weighted by atomic mass is 16.2. The normalized spacial score (nSPS) is 24.5. The van der Waals surface area contributed by atoms with Crippen LogP contribution in [0.25, 0.3) is 0 Å². The van der Waals surface area contributed by atoms with Gasteiger partial charge in [-0.2, -0.15) is 5.10 Å². The molecule has 1 aliphatic heterocycles. The van der Waals surface area contributed by atoms with Gasteiger partial charge in [0, 0.05) is 36.9 Å². The first-order chi connectivity index (χ1) is 8.70. The van der Waals surface area contributed by atoms with Crippen LogP contribution in [0.3, 0.4) is 0 Å². The highest BCUT2D eigenvalue weighted by Crippen LogP contribution is 2.36. The molecule has 19 heavy (non-hydrogen) atoms. The third-order valence-corrected chi connectivity index (χ3v) is 3.65. The lowest BCUT2D eigenvalue weighted by atomic mass is 9.77. The Morgan fingerprint density at radius 3 is 2.58 bits per heavy atom. The summed E-state index contributed by atoms with van der Waals surface area (Å²) in [6.45, 7) is 8.14. The van der Waals surface area contributed by atoms with Gasteiger partial charge < -0.3 is 0 Å². The summed E-state index contributed by atoms with van der Waals surface area (Å²) in [5.41, 5.74) is 1.88. The third-order valence-electron chi connectivity index (χ3n) is 3.65. The van der Waals surface area contributed by atoms with Crippen molar-refractivity contribution in [1.29, 1.82) is 0 Å². The molecule has 2 amide bonds. The Bertz CT molecular complexity index is 525. The maximum absolute atomic E-state index is 11.8. The highest BCUT2D eigenvalue weighted by molar-refractivity contribution is 5.99. The van der Waals surface area contributed by atoms with Crippen molar-refractivity contribution in [1.82, 2.24) is 15.1 Å². The van der Waals surface area contributed by atoms with E-state index >= 15 is 0 Å². The average Bonchev–Trinajstić information content (AvgIpc) is 2.65. The number of hydrogen-bond acceptors (Lipinski definition) is 3. The van der Waals surface area contributed by atoms with Gasteiger partial charge in [0.2, 0.25) is 11.8 Å². The SMILES string of the molecule is CC1C(=O)NC(=O)CC1c1cn(C)nc1C(C)(C)C. The molecule has 104 valence electrons. The highest BCUT2D eigenvalue weighted by Gasteiger charge is 2.37. The van der Waals surface area contributed by atoms with Crippen LogP contribution in [-0.4, -0.2) is 21.6 Å². The van der Waals surface area contributed by atoms with Crippen LogP contribution in [0.1, 0.15) is 51.3 Å². The molecule has 0 aliphatic carbocycles. The van der Waals surface area contributed by atoms with E-state index in [1.807, 2.05) is 20.2 Å². The van der Waals surface area contributed by atoms with Crippen LogP contribution in [0.5, 0.6) is 0 Å². The number of amides is 2. The monoisotopic (exact) mass is 263 g/mol. The third kappa shape index (κ3) is 2.55. The molecule has 2 rings (SSSR count). The fourth-order valence-electron chi connectivity index (χ4n) is 2.60. The first kappa shape index (κ1) is 13.8. The summed E-state index contributed by atoms with van der Waals surface area (Å²) < 4.78 is 1.76. The molecule has 5 heteroatoms. The number of aromatic nitrogens is 2. The Kier molecular flexibility index (Phi) is 3.24. The lowest BCUT2D eigenvalue weighted by Crippen LogP contribution is -2.44. The molecule has 2 atom stereocenters. The fourth-order valence-corrected chi connectivity index (χ4v) is 2.60. The molecule has 0 spiro atoms. The van der Waals surface area contributed by atoms with Crippen LogP contribution in [0, 0.1) is 5.92 Å². The zero-order valence-electron chi connectivity index (χ0n) is 12.2. The number of hydrogen-bond donors (Lipinski definition) is 1. The van der Waals surface area contributed by atoms with Crippen LogP contribution in [0.15, 0.2) is 6.20 Å². The summed E-state index contributed by atoms with van der Waals surface area (Å²) in [6, 6.07) is 0. The van der Waals surface area contributed by atoms with E-state index in [-0.39, 0.29) is 29.1 Å². The van der Waals surface area contributed by atoms with Crippen molar-refractivity contribution in [3.8, 4) is 0 Å². The molecule has 2 unspecified atom stereocenters. The standard InChI is InChI=1S/C14H21N3O2/c1-8-9(6-11(18)15-13(8)19)10-7-17(5)16-12(10)14(2,3)4/h7-9H,6H2,1-5H3,(H,15,18,19). The maximum Gasteiger partial charge on any atom is 0.230 e. The Balaban J connectivity index is 2.46. The lowest BCUT2D eigenvalue weighted by Gasteiger charge is -2.29. The zero-order valence-corrected chi connectivity index (χ0v) is 12.2. The van der Waals surface area contributed by atoms with Gasteiger partial charge in [0.1, 0.15) is 0 Å². The summed E-state index contributed by atoms with van der Waals surface area (Å²) in [6.07, 6.45) is 2.29. The number of aryl methyl sites for hydroxylation is 1. The van der Waals surface area contributed by atoms with E-state index in [4.69, 9.17) is 0 Å². The van der Waals surface area contributed by atoms with Gasteiger partial charge in [-0.25, -0.2) is 0 Å². The molecule has 0 radical (unpaired) electrons. The molecular formula is C14H21N3O2. The molecule has 1 N–H and O–H groups in total. The second kappa shape index (κ2) is 4.47. The van der Waals surface area contributed by atoms with E-state index in [9.17, 15) is 9.59 Å². The summed E-state index contributed by atoms with van der Waals surface area (Å²) in [7, 11) is 1.87. The minimum absolute atomic E-state index is 0.0795. The van der Waals surface area contributed by atoms with Crippen molar-refractivity contribution in [2.75, 3.05) is 0 Å². The molecule has 1 aliphatic rings. The second-order valence-electron chi connectivity index (χ2n) is 6.37. The van der Waals surface area contributed by atoms with Gasteiger partial charge in [0.15, 0.2) is 0 Å². The summed E-state index contributed by atoms with van der Waals surface area (Å²) in [5.74, 6) is -0.672. The Morgan fingerprint density at radius 2 is 2.00 bits per heavy atom. The van der Waals surface area contributed by atoms with E-state index in [0.717, 1.165) is 11.3 Å². The van der Waals surface area contributed by atoms with Crippen molar-refractivity contribution in [2.45, 2.75) is 45.4 Å². The molecule has 0 aromatic carbocycles. The van der Waals surface area contributed by atoms with Crippen molar-refractivity contribution < 1.29 is 9.59 Å². The summed E-state index contributed by atoms with van der Waals surface area (Å²) in [4.78, 5) is 23.4. The fraction of sp³-hybridized carbons (Fsp3) is 0.643. The van der Waals surface area contributed by atoms with Crippen LogP contribution >= 0.6 is 0 Å². The molecule has 1 saturated heterocycles. The van der Waals surface area contributed by atoms with E-state index in [0.29, 0.717) is 6.42 Å². The van der Waals surface area contributed by atoms with Crippen molar-refractivity contribution in [2.24, 2.45) is 13.0 Å². The molecule has 1 fully saturated rings. The van der Waals surface area contributed by atoms with Crippen molar-refractivity contribution in [3.05, 3.63) is 17.5 Å². The smallest absolute Gasteiger partial charge is 0.230 e. The summed E-state index contributed by atoms with van der Waals surface area (Å²) in [5, 5.41) is 6.90. The second-order valence-corrected chi connectivity index (χ2v) is 6.37. The predicted octanol–water partition coefficient (Wildman–Crippen LogP) is 1.48. The Hall–Kier alpha value is -1.65.